The minimum Gasteiger partial charge on any atom is -0.479 e. The lowest BCUT2D eigenvalue weighted by atomic mass is 10.2. The lowest BCUT2D eigenvalue weighted by Gasteiger charge is -2.14. The molecule has 1 aromatic carbocycles. The van der Waals surface area contributed by atoms with Crippen molar-refractivity contribution in [2.45, 2.75) is 13.0 Å². The van der Waals surface area contributed by atoms with Gasteiger partial charge in [0.1, 0.15) is 6.04 Å². The summed E-state index contributed by atoms with van der Waals surface area (Å²) >= 11 is 2.21. The summed E-state index contributed by atoms with van der Waals surface area (Å²) in [6, 6.07) is 4.97. The van der Waals surface area contributed by atoms with Gasteiger partial charge in [0.25, 0.3) is 0 Å². The molecule has 2 N–H and O–H groups in total. The second-order valence-electron chi connectivity index (χ2n) is 3.11. The number of rotatable bonds is 4. The minimum atomic E-state index is -0.928. The Bertz CT molecular complexity index is 390. The van der Waals surface area contributed by atoms with Crippen LogP contribution >= 0.6 is 22.6 Å². The summed E-state index contributed by atoms with van der Waals surface area (Å²) in [5, 5.41) is 11.8. The van der Waals surface area contributed by atoms with Gasteiger partial charge in [-0.1, -0.05) is 12.1 Å². The first-order chi connectivity index (χ1) is 7.06. The molecule has 0 bridgehead atoms. The number of carboxylic acid groups (broad SMARTS) is 1. The van der Waals surface area contributed by atoms with E-state index in [1.165, 1.54) is 6.08 Å². The molecule has 1 aromatic rings. The van der Waals surface area contributed by atoms with Gasteiger partial charge >= 0.3 is 5.97 Å². The maximum absolute atomic E-state index is 10.8. The molecule has 1 unspecified atom stereocenters. The molecule has 0 aromatic heterocycles. The highest BCUT2D eigenvalue weighted by Crippen LogP contribution is 2.21. The van der Waals surface area contributed by atoms with Crippen LogP contribution in [0.3, 0.4) is 0 Å². The maximum atomic E-state index is 10.8. The number of hydrogen-bond acceptors (Lipinski definition) is 2. The number of hydrogen-bond donors (Lipinski definition) is 2. The van der Waals surface area contributed by atoms with E-state index in [1.807, 2.05) is 25.1 Å². The number of halogens is 1. The zero-order valence-electron chi connectivity index (χ0n) is 8.33. The Labute approximate surface area is 102 Å². The molecule has 0 radical (unpaired) electrons. The van der Waals surface area contributed by atoms with Crippen LogP contribution in [0.5, 0.6) is 0 Å². The van der Waals surface area contributed by atoms with Crippen molar-refractivity contribution >= 4 is 34.2 Å². The lowest BCUT2D eigenvalue weighted by molar-refractivity contribution is -0.136. The van der Waals surface area contributed by atoms with Crippen molar-refractivity contribution in [3.63, 3.8) is 0 Å². The van der Waals surface area contributed by atoms with Crippen LogP contribution in [0.25, 0.3) is 0 Å². The highest BCUT2D eigenvalue weighted by Gasteiger charge is 2.13. The van der Waals surface area contributed by atoms with Gasteiger partial charge in [0.15, 0.2) is 0 Å². The van der Waals surface area contributed by atoms with Crippen molar-refractivity contribution in [2.24, 2.45) is 0 Å². The molecular weight excluding hydrogens is 305 g/mol. The Kier molecular flexibility index (Phi) is 4.14. The monoisotopic (exact) mass is 317 g/mol. The molecule has 1 rings (SSSR count). The highest BCUT2D eigenvalue weighted by atomic mass is 127. The average Bonchev–Trinajstić information content (AvgIpc) is 2.19. The van der Waals surface area contributed by atoms with Crippen LogP contribution in [0.2, 0.25) is 0 Å². The van der Waals surface area contributed by atoms with Gasteiger partial charge in [0.2, 0.25) is 0 Å². The Morgan fingerprint density at radius 1 is 1.67 bits per heavy atom. The average molecular weight is 317 g/mol. The molecule has 1 atom stereocenters. The van der Waals surface area contributed by atoms with Gasteiger partial charge in [0, 0.05) is 9.26 Å². The summed E-state index contributed by atoms with van der Waals surface area (Å²) in [6.45, 7) is 5.44. The molecule has 0 heterocycles. The van der Waals surface area contributed by atoms with Crippen LogP contribution in [-0.4, -0.2) is 17.1 Å². The quantitative estimate of drug-likeness (QED) is 0.663. The molecule has 0 amide bonds. The van der Waals surface area contributed by atoms with E-state index in [0.29, 0.717) is 0 Å². The largest absolute Gasteiger partial charge is 0.479 e. The first-order valence-corrected chi connectivity index (χ1v) is 5.51. The zero-order valence-corrected chi connectivity index (χ0v) is 10.5. The van der Waals surface area contributed by atoms with E-state index in [9.17, 15) is 4.79 Å². The molecule has 15 heavy (non-hydrogen) atoms. The molecule has 0 aliphatic carbocycles. The summed E-state index contributed by atoms with van der Waals surface area (Å²) in [7, 11) is 0. The summed E-state index contributed by atoms with van der Waals surface area (Å²) in [4.78, 5) is 10.8. The Hall–Kier alpha value is -1.04. The third-order valence-electron chi connectivity index (χ3n) is 2.08. The van der Waals surface area contributed by atoms with Crippen LogP contribution in [0.1, 0.15) is 5.56 Å². The molecule has 4 heteroatoms. The third kappa shape index (κ3) is 2.95. The molecular formula is C11H12INO2. The molecule has 3 nitrogen and oxygen atoms in total. The highest BCUT2D eigenvalue weighted by molar-refractivity contribution is 14.1. The molecule has 0 saturated carbocycles. The summed E-state index contributed by atoms with van der Waals surface area (Å²) in [5.74, 6) is -0.928. The third-order valence-corrected chi connectivity index (χ3v) is 3.25. The molecule has 80 valence electrons. The van der Waals surface area contributed by atoms with Crippen LogP contribution in [0.15, 0.2) is 30.9 Å². The fourth-order valence-corrected chi connectivity index (χ4v) is 1.65. The van der Waals surface area contributed by atoms with Crippen LogP contribution in [0.4, 0.5) is 5.69 Å². The van der Waals surface area contributed by atoms with E-state index in [1.54, 1.807) is 0 Å². The lowest BCUT2D eigenvalue weighted by Crippen LogP contribution is -2.27. The standard InChI is InChI=1S/C11H12INO2/c1-3-9(11(14)15)13-10-6-4-5-8(12)7(10)2/h3-6,9,13H,1H2,2H3,(H,14,15). The Morgan fingerprint density at radius 3 is 2.87 bits per heavy atom. The van der Waals surface area contributed by atoms with E-state index in [4.69, 9.17) is 5.11 Å². The van der Waals surface area contributed by atoms with Crippen molar-refractivity contribution in [1.82, 2.24) is 0 Å². The SMILES string of the molecule is C=CC(Nc1cccc(I)c1C)C(=O)O. The van der Waals surface area contributed by atoms with Crippen molar-refractivity contribution in [2.75, 3.05) is 5.32 Å². The fourth-order valence-electron chi connectivity index (χ4n) is 1.15. The first-order valence-electron chi connectivity index (χ1n) is 4.43. The second kappa shape index (κ2) is 5.16. The van der Waals surface area contributed by atoms with Gasteiger partial charge in [-0.25, -0.2) is 4.79 Å². The predicted octanol–water partition coefficient (Wildman–Crippen LogP) is 2.65. The van der Waals surface area contributed by atoms with Crippen LogP contribution in [0, 0.1) is 10.5 Å². The van der Waals surface area contributed by atoms with E-state index < -0.39 is 12.0 Å². The first kappa shape index (κ1) is 12.0. The number of nitrogens with one attached hydrogen (secondary N) is 1. The molecule has 0 aliphatic heterocycles. The number of anilines is 1. The topological polar surface area (TPSA) is 49.3 Å². The smallest absolute Gasteiger partial charge is 0.330 e. The van der Waals surface area contributed by atoms with E-state index in [-0.39, 0.29) is 0 Å². The number of carbonyl (C=O) groups is 1. The summed E-state index contributed by atoms with van der Waals surface area (Å²) in [5.41, 5.74) is 1.88. The molecule has 0 fully saturated rings. The van der Waals surface area contributed by atoms with Crippen molar-refractivity contribution in [3.05, 3.63) is 40.0 Å². The van der Waals surface area contributed by atoms with E-state index in [0.717, 1.165) is 14.8 Å². The van der Waals surface area contributed by atoms with Gasteiger partial charge in [-0.3, -0.25) is 0 Å². The van der Waals surface area contributed by atoms with E-state index >= 15 is 0 Å². The molecule has 0 aliphatic rings. The van der Waals surface area contributed by atoms with Crippen molar-refractivity contribution in [3.8, 4) is 0 Å². The normalized spacial score (nSPS) is 11.9. The Morgan fingerprint density at radius 2 is 2.33 bits per heavy atom. The van der Waals surface area contributed by atoms with Gasteiger partial charge in [0.05, 0.1) is 0 Å². The maximum Gasteiger partial charge on any atom is 0.330 e. The number of benzene rings is 1. The fraction of sp³-hybridized carbons (Fsp3) is 0.182. The molecule has 0 spiro atoms. The Balaban J connectivity index is 2.93. The van der Waals surface area contributed by atoms with Crippen molar-refractivity contribution in [1.29, 1.82) is 0 Å². The van der Waals surface area contributed by atoms with E-state index in [2.05, 4.69) is 34.5 Å². The van der Waals surface area contributed by atoms with Gasteiger partial charge in [-0.05, 0) is 47.2 Å². The number of carboxylic acids is 1. The van der Waals surface area contributed by atoms with Gasteiger partial charge < -0.3 is 10.4 Å². The number of aliphatic carboxylic acids is 1. The summed E-state index contributed by atoms with van der Waals surface area (Å²) < 4.78 is 1.10. The van der Waals surface area contributed by atoms with Gasteiger partial charge in [-0.15, -0.1) is 6.58 Å². The molecule has 0 saturated heterocycles. The minimum absolute atomic E-state index is 0.748. The zero-order chi connectivity index (χ0) is 11.4. The second-order valence-corrected chi connectivity index (χ2v) is 4.27. The van der Waals surface area contributed by atoms with Crippen LogP contribution in [-0.2, 0) is 4.79 Å². The van der Waals surface area contributed by atoms with Gasteiger partial charge in [-0.2, -0.15) is 0 Å². The van der Waals surface area contributed by atoms with Crippen LogP contribution < -0.4 is 5.32 Å². The summed E-state index contributed by atoms with van der Waals surface area (Å²) in [6.07, 6.45) is 1.38. The van der Waals surface area contributed by atoms with Crippen molar-refractivity contribution < 1.29 is 9.90 Å². The predicted molar refractivity (Wildman–Crippen MR) is 69.1 cm³/mol.